The van der Waals surface area contributed by atoms with Crippen LogP contribution in [0.15, 0.2) is 84.9 Å². The van der Waals surface area contributed by atoms with Gasteiger partial charge in [-0.2, -0.15) is 0 Å². The van der Waals surface area contributed by atoms with E-state index in [9.17, 15) is 0 Å². The van der Waals surface area contributed by atoms with Gasteiger partial charge in [0.2, 0.25) is 11.4 Å². The van der Waals surface area contributed by atoms with Crippen LogP contribution in [0.3, 0.4) is 0 Å². The van der Waals surface area contributed by atoms with E-state index in [0.717, 1.165) is 33.8 Å². The van der Waals surface area contributed by atoms with Crippen LogP contribution < -0.4 is 14.1 Å². The predicted molar refractivity (Wildman–Crippen MR) is 180 cm³/mol. The Bertz CT molecular complexity index is 1920. The molecule has 0 saturated carbocycles. The molecule has 5 aromatic carbocycles. The van der Waals surface area contributed by atoms with Crippen molar-refractivity contribution in [3.8, 4) is 0 Å². The SMILES string of the molecule is Cc1cc(C)c2[n-]c3c(C)cc(C)cc3c2c1.Cc1cc(C)cc([N+]2=C=[N+](c3cc(C)cc(C)c3)c3ccccc32)c1.[Au+]. The first-order valence-electron chi connectivity index (χ1n) is 14.6. The van der Waals surface area contributed by atoms with Crippen molar-refractivity contribution in [3.63, 3.8) is 0 Å². The number of aromatic nitrogens is 1. The van der Waals surface area contributed by atoms with E-state index < -0.39 is 0 Å². The van der Waals surface area contributed by atoms with Gasteiger partial charge in [-0.25, -0.2) is 0 Å². The Labute approximate surface area is 270 Å². The molecule has 0 fully saturated rings. The van der Waals surface area contributed by atoms with Crippen molar-refractivity contribution >= 4 is 50.6 Å². The number of para-hydroxylation sites is 2. The Morgan fingerprint density at radius 1 is 0.465 bits per heavy atom. The molecule has 0 atom stereocenters. The zero-order chi connectivity index (χ0) is 29.7. The molecule has 43 heavy (non-hydrogen) atoms. The summed E-state index contributed by atoms with van der Waals surface area (Å²) in [6.45, 7) is 17.1. The number of benzene rings is 5. The molecular formula is C39H38AuN3+2. The normalized spacial score (nSPS) is 11.9. The minimum atomic E-state index is 0. The second-order valence-corrected chi connectivity index (χ2v) is 12.0. The van der Waals surface area contributed by atoms with Crippen molar-refractivity contribution in [2.24, 2.45) is 0 Å². The molecule has 218 valence electrons. The monoisotopic (exact) mass is 745 g/mol. The first kappa shape index (κ1) is 30.5. The van der Waals surface area contributed by atoms with E-state index in [1.807, 2.05) is 0 Å². The Morgan fingerprint density at radius 2 is 0.814 bits per heavy atom. The first-order chi connectivity index (χ1) is 20.1. The molecule has 0 aliphatic carbocycles. The summed E-state index contributed by atoms with van der Waals surface area (Å²) in [5.74, 6) is 0. The third kappa shape index (κ3) is 5.95. The largest absolute Gasteiger partial charge is 1.00 e. The van der Waals surface area contributed by atoms with Gasteiger partial charge in [-0.1, -0.05) is 70.8 Å². The summed E-state index contributed by atoms with van der Waals surface area (Å²) in [5, 5.41) is 2.59. The van der Waals surface area contributed by atoms with Crippen LogP contribution in [0.2, 0.25) is 0 Å². The van der Waals surface area contributed by atoms with Crippen LogP contribution in [0.4, 0.5) is 22.7 Å². The van der Waals surface area contributed by atoms with Gasteiger partial charge in [-0.15, -0.1) is 11.0 Å². The van der Waals surface area contributed by atoms with Crippen molar-refractivity contribution in [3.05, 3.63) is 129 Å². The molecule has 0 unspecified atom stereocenters. The van der Waals surface area contributed by atoms with Crippen LogP contribution in [-0.2, 0) is 22.4 Å². The molecule has 0 saturated heterocycles. The van der Waals surface area contributed by atoms with Crippen molar-refractivity contribution in [2.75, 3.05) is 0 Å². The number of nitrogens with zero attached hydrogens (tertiary/aromatic N) is 3. The molecule has 0 spiro atoms. The summed E-state index contributed by atoms with van der Waals surface area (Å²) in [4.78, 5) is 4.80. The smallest absolute Gasteiger partial charge is 0.656 e. The van der Waals surface area contributed by atoms with E-state index in [2.05, 4.69) is 155 Å². The molecular weight excluding hydrogens is 707 g/mol. The van der Waals surface area contributed by atoms with Gasteiger partial charge in [0, 0.05) is 36.4 Å². The Morgan fingerprint density at radius 3 is 1.19 bits per heavy atom. The summed E-state index contributed by atoms with van der Waals surface area (Å²) < 4.78 is 4.32. The van der Waals surface area contributed by atoms with Crippen LogP contribution in [0.5, 0.6) is 0 Å². The third-order valence-corrected chi connectivity index (χ3v) is 7.90. The summed E-state index contributed by atoms with van der Waals surface area (Å²) in [5.41, 5.74) is 17.1. The van der Waals surface area contributed by atoms with Crippen molar-refractivity contribution in [2.45, 2.75) is 55.4 Å². The summed E-state index contributed by atoms with van der Waals surface area (Å²) in [7, 11) is 0. The van der Waals surface area contributed by atoms with Crippen molar-refractivity contribution in [1.82, 2.24) is 14.1 Å². The standard InChI is InChI=1S/C23H22N2.C16H16N.Au/c1-16-9-17(2)12-20(11-16)24-15-25(23-8-6-5-7-22(23)24)21-13-18(3)10-19(4)14-21;1-9-5-11(3)15-13(7-9)14-8-10(2)6-12(4)16(14)17-15;/h5-14H,1-4H3;5-8H,1-4H3;/q+2;-1;+1. The summed E-state index contributed by atoms with van der Waals surface area (Å²) in [6, 6.07) is 34.2. The third-order valence-electron chi connectivity index (χ3n) is 7.90. The fourth-order valence-corrected chi connectivity index (χ4v) is 6.34. The average molecular weight is 746 g/mol. The molecule has 1 aliphatic heterocycles. The molecule has 4 heteroatoms. The zero-order valence-electron chi connectivity index (χ0n) is 26.2. The number of aryl methyl sites for hydroxylation is 8. The predicted octanol–water partition coefficient (Wildman–Crippen LogP) is 9.96. The van der Waals surface area contributed by atoms with Gasteiger partial charge in [-0.3, -0.25) is 0 Å². The molecule has 1 aromatic heterocycles. The molecule has 3 nitrogen and oxygen atoms in total. The van der Waals surface area contributed by atoms with Gasteiger partial charge in [0.1, 0.15) is 0 Å². The van der Waals surface area contributed by atoms with Crippen LogP contribution in [-0.4, -0.2) is 6.01 Å². The second kappa shape index (κ2) is 12.0. The van der Waals surface area contributed by atoms with E-state index in [1.54, 1.807) is 0 Å². The Balaban J connectivity index is 0.000000179. The minimum Gasteiger partial charge on any atom is -0.656 e. The molecule has 6 aromatic rings. The van der Waals surface area contributed by atoms with E-state index in [-0.39, 0.29) is 22.4 Å². The van der Waals surface area contributed by atoms with E-state index >= 15 is 0 Å². The topological polar surface area (TPSA) is 20.1 Å². The maximum absolute atomic E-state index is 4.80. The van der Waals surface area contributed by atoms with Gasteiger partial charge < -0.3 is 4.98 Å². The van der Waals surface area contributed by atoms with Gasteiger partial charge in [0.05, 0.1) is 0 Å². The molecule has 2 heterocycles. The molecule has 0 N–H and O–H groups in total. The van der Waals surface area contributed by atoms with E-state index in [1.165, 1.54) is 55.3 Å². The Hall–Kier alpha value is -3.98. The average Bonchev–Trinajstić information content (AvgIpc) is 3.48. The zero-order valence-corrected chi connectivity index (χ0v) is 28.4. The fraction of sp³-hybridized carbons (Fsp3) is 0.205. The van der Waals surface area contributed by atoms with Gasteiger partial charge in [0.25, 0.3) is 11.4 Å². The van der Waals surface area contributed by atoms with E-state index in [4.69, 9.17) is 4.98 Å². The number of fused-ring (bicyclic) bond motifs is 4. The van der Waals surface area contributed by atoms with Crippen LogP contribution in [0.25, 0.3) is 21.8 Å². The van der Waals surface area contributed by atoms with Crippen molar-refractivity contribution < 1.29 is 22.4 Å². The number of rotatable bonds is 2. The fourth-order valence-electron chi connectivity index (χ4n) is 6.34. The Kier molecular flexibility index (Phi) is 8.47. The van der Waals surface area contributed by atoms with Crippen molar-refractivity contribution in [1.29, 1.82) is 0 Å². The quantitative estimate of drug-likeness (QED) is 0.128. The molecule has 0 radical (unpaired) electrons. The molecule has 0 bridgehead atoms. The van der Waals surface area contributed by atoms with Gasteiger partial charge >= 0.3 is 28.4 Å². The van der Waals surface area contributed by atoms with Crippen LogP contribution in [0, 0.1) is 55.4 Å². The number of hydrogen-bond acceptors (Lipinski definition) is 0. The minimum absolute atomic E-state index is 0. The first-order valence-corrected chi connectivity index (χ1v) is 14.6. The van der Waals surface area contributed by atoms with E-state index in [0.29, 0.717) is 0 Å². The maximum atomic E-state index is 4.80. The second-order valence-electron chi connectivity index (χ2n) is 12.0. The molecule has 7 rings (SSSR count). The van der Waals surface area contributed by atoms with Gasteiger partial charge in [0.15, 0.2) is 0 Å². The number of hydrogen-bond donors (Lipinski definition) is 0. The summed E-state index contributed by atoms with van der Waals surface area (Å²) >= 11 is 0. The van der Waals surface area contributed by atoms with Crippen LogP contribution in [0.1, 0.15) is 44.5 Å². The maximum Gasteiger partial charge on any atom is 1.00 e. The van der Waals surface area contributed by atoms with Gasteiger partial charge in [-0.05, 0) is 97.6 Å². The summed E-state index contributed by atoms with van der Waals surface area (Å²) in [6.07, 6.45) is 0. The molecule has 0 amide bonds. The van der Waals surface area contributed by atoms with Crippen LogP contribution >= 0.6 is 0 Å². The molecule has 1 aliphatic rings.